The van der Waals surface area contributed by atoms with Gasteiger partial charge in [-0.15, -0.1) is 0 Å². The summed E-state index contributed by atoms with van der Waals surface area (Å²) < 4.78 is 30.5. The van der Waals surface area contributed by atoms with Crippen molar-refractivity contribution < 1.29 is 13.2 Å². The van der Waals surface area contributed by atoms with Crippen LogP contribution in [0, 0.1) is 6.92 Å². The van der Waals surface area contributed by atoms with Gasteiger partial charge in [-0.1, -0.05) is 47.2 Å². The molecule has 1 aromatic heterocycles. The second-order valence-corrected chi connectivity index (χ2v) is 10.9. The maximum absolute atomic E-state index is 13.5. The number of carbonyl (C=O) groups is 1. The normalized spacial score (nSPS) is 11.5. The van der Waals surface area contributed by atoms with Gasteiger partial charge in [0.15, 0.2) is 0 Å². The van der Waals surface area contributed by atoms with Crippen molar-refractivity contribution >= 4 is 60.5 Å². The largest absolute Gasteiger partial charge is 0.324 e. The molecule has 0 radical (unpaired) electrons. The molecule has 0 saturated heterocycles. The van der Waals surface area contributed by atoms with Gasteiger partial charge in [0.1, 0.15) is 6.54 Å². The number of anilines is 2. The molecule has 0 spiro atoms. The van der Waals surface area contributed by atoms with Crippen molar-refractivity contribution in [3.05, 3.63) is 87.0 Å². The molecule has 4 rings (SSSR count). The molecule has 0 unspecified atom stereocenters. The highest BCUT2D eigenvalue weighted by Crippen LogP contribution is 2.30. The number of nitrogens with zero attached hydrogens (tertiary/aromatic N) is 2. The van der Waals surface area contributed by atoms with Crippen LogP contribution in [0.3, 0.4) is 0 Å². The predicted octanol–water partition coefficient (Wildman–Crippen LogP) is 4.88. The van der Waals surface area contributed by atoms with Crippen LogP contribution in [0.4, 0.5) is 11.4 Å². The summed E-state index contributed by atoms with van der Waals surface area (Å²) in [6.45, 7) is 3.74. The van der Waals surface area contributed by atoms with Crippen molar-refractivity contribution in [3.8, 4) is 0 Å². The standard InChI is InChI=1S/C24H22ClN3O4S2/c1-3-27-20-12-11-18(14-22(20)33-24(27)30)26-23(29)15-28(21-13-17(25)10-9-16(21)2)34(31,32)19-7-5-4-6-8-19/h4-14H,3,15H2,1-2H3,(H,26,29). The molecule has 176 valence electrons. The van der Waals surface area contributed by atoms with Crippen LogP contribution in [0.5, 0.6) is 0 Å². The second kappa shape index (κ2) is 9.61. The van der Waals surface area contributed by atoms with Gasteiger partial charge in [-0.3, -0.25) is 18.5 Å². The van der Waals surface area contributed by atoms with Crippen molar-refractivity contribution in [2.24, 2.45) is 0 Å². The average Bonchev–Trinajstić information content (AvgIpc) is 3.13. The molecule has 1 amide bonds. The maximum atomic E-state index is 13.5. The highest BCUT2D eigenvalue weighted by atomic mass is 35.5. The lowest BCUT2D eigenvalue weighted by Crippen LogP contribution is -2.38. The zero-order chi connectivity index (χ0) is 24.5. The number of benzene rings is 3. The number of aryl methyl sites for hydroxylation is 2. The molecule has 0 fully saturated rings. The molecule has 3 aromatic carbocycles. The van der Waals surface area contributed by atoms with Crippen molar-refractivity contribution in [2.75, 3.05) is 16.2 Å². The number of nitrogens with one attached hydrogen (secondary N) is 1. The number of rotatable bonds is 7. The van der Waals surface area contributed by atoms with Crippen LogP contribution in [0.2, 0.25) is 5.02 Å². The van der Waals surface area contributed by atoms with E-state index in [-0.39, 0.29) is 9.77 Å². The lowest BCUT2D eigenvalue weighted by atomic mass is 10.2. The molecule has 1 heterocycles. The van der Waals surface area contributed by atoms with Gasteiger partial charge in [0.25, 0.3) is 10.0 Å². The van der Waals surface area contributed by atoms with E-state index in [0.717, 1.165) is 25.9 Å². The first-order chi connectivity index (χ1) is 16.2. The van der Waals surface area contributed by atoms with E-state index in [1.807, 2.05) is 6.92 Å². The first kappa shape index (κ1) is 24.0. The third-order valence-electron chi connectivity index (χ3n) is 5.33. The van der Waals surface area contributed by atoms with E-state index < -0.39 is 22.5 Å². The van der Waals surface area contributed by atoms with Crippen molar-refractivity contribution in [2.45, 2.75) is 25.3 Å². The Hall–Kier alpha value is -3.14. The third kappa shape index (κ3) is 4.72. The molecular formula is C24H22ClN3O4S2. The number of carbonyl (C=O) groups excluding carboxylic acids is 1. The van der Waals surface area contributed by atoms with E-state index in [1.165, 1.54) is 18.2 Å². The SMILES string of the molecule is CCn1c(=O)sc2cc(NC(=O)CN(c3cc(Cl)ccc3C)S(=O)(=O)c3ccccc3)ccc21. The third-order valence-corrected chi connectivity index (χ3v) is 8.28. The summed E-state index contributed by atoms with van der Waals surface area (Å²) in [6, 6.07) is 18.0. The van der Waals surface area contributed by atoms with E-state index in [4.69, 9.17) is 11.6 Å². The van der Waals surface area contributed by atoms with Crippen molar-refractivity contribution in [1.82, 2.24) is 4.57 Å². The number of halogens is 1. The molecule has 34 heavy (non-hydrogen) atoms. The summed E-state index contributed by atoms with van der Waals surface area (Å²) in [6.07, 6.45) is 0. The minimum atomic E-state index is -4.05. The van der Waals surface area contributed by atoms with Crippen LogP contribution >= 0.6 is 22.9 Å². The van der Waals surface area contributed by atoms with Crippen molar-refractivity contribution in [1.29, 1.82) is 0 Å². The van der Waals surface area contributed by atoms with E-state index in [9.17, 15) is 18.0 Å². The summed E-state index contributed by atoms with van der Waals surface area (Å²) >= 11 is 7.25. The smallest absolute Gasteiger partial charge is 0.308 e. The number of hydrogen-bond donors (Lipinski definition) is 1. The zero-order valence-electron chi connectivity index (χ0n) is 18.5. The molecule has 0 aliphatic heterocycles. The van der Waals surface area contributed by atoms with E-state index in [2.05, 4.69) is 5.32 Å². The predicted molar refractivity (Wildman–Crippen MR) is 138 cm³/mol. The van der Waals surface area contributed by atoms with Gasteiger partial charge in [0.05, 0.1) is 20.8 Å². The monoisotopic (exact) mass is 515 g/mol. The Kier molecular flexibility index (Phi) is 6.79. The molecule has 0 atom stereocenters. The molecule has 7 nitrogen and oxygen atoms in total. The lowest BCUT2D eigenvalue weighted by Gasteiger charge is -2.26. The maximum Gasteiger partial charge on any atom is 0.308 e. The lowest BCUT2D eigenvalue weighted by molar-refractivity contribution is -0.114. The first-order valence-corrected chi connectivity index (χ1v) is 13.1. The number of thiazole rings is 1. The molecule has 1 N–H and O–H groups in total. The molecule has 0 saturated carbocycles. The summed E-state index contributed by atoms with van der Waals surface area (Å²) in [4.78, 5) is 25.1. The van der Waals surface area contributed by atoms with E-state index in [1.54, 1.807) is 60.0 Å². The first-order valence-electron chi connectivity index (χ1n) is 10.5. The Balaban J connectivity index is 1.68. The molecule has 4 aromatic rings. The fourth-order valence-electron chi connectivity index (χ4n) is 3.65. The Bertz CT molecular complexity index is 1530. The van der Waals surface area contributed by atoms with Crippen molar-refractivity contribution in [3.63, 3.8) is 0 Å². The Morgan fingerprint density at radius 3 is 2.53 bits per heavy atom. The van der Waals surface area contributed by atoms with Gasteiger partial charge >= 0.3 is 4.87 Å². The summed E-state index contributed by atoms with van der Waals surface area (Å²) in [5.41, 5.74) is 2.24. The quantitative estimate of drug-likeness (QED) is 0.380. The van der Waals surface area contributed by atoms with Gasteiger partial charge in [0, 0.05) is 17.3 Å². The van der Waals surface area contributed by atoms with Crippen LogP contribution in [-0.2, 0) is 21.4 Å². The van der Waals surface area contributed by atoms with E-state index in [0.29, 0.717) is 28.5 Å². The van der Waals surface area contributed by atoms with Gasteiger partial charge < -0.3 is 5.32 Å². The highest BCUT2D eigenvalue weighted by molar-refractivity contribution is 7.92. The second-order valence-electron chi connectivity index (χ2n) is 7.60. The van der Waals surface area contributed by atoms with E-state index >= 15 is 0 Å². The number of fused-ring (bicyclic) bond motifs is 1. The van der Waals surface area contributed by atoms with Crippen LogP contribution in [-0.4, -0.2) is 25.4 Å². The van der Waals surface area contributed by atoms with Gasteiger partial charge in [0.2, 0.25) is 5.91 Å². The number of aromatic nitrogens is 1. The molecule has 0 bridgehead atoms. The summed E-state index contributed by atoms with van der Waals surface area (Å²) in [5.74, 6) is -0.527. The fraction of sp³-hybridized carbons (Fsp3) is 0.167. The molecule has 0 aliphatic rings. The molecule has 0 aliphatic carbocycles. The molecule has 10 heteroatoms. The Morgan fingerprint density at radius 2 is 1.82 bits per heavy atom. The number of hydrogen-bond acceptors (Lipinski definition) is 5. The molecular weight excluding hydrogens is 494 g/mol. The van der Waals surface area contributed by atoms with Gasteiger partial charge in [-0.25, -0.2) is 8.42 Å². The topological polar surface area (TPSA) is 88.5 Å². The van der Waals surface area contributed by atoms with Crippen LogP contribution in [0.1, 0.15) is 12.5 Å². The highest BCUT2D eigenvalue weighted by Gasteiger charge is 2.28. The van der Waals surface area contributed by atoms with Gasteiger partial charge in [-0.2, -0.15) is 0 Å². The average molecular weight is 516 g/mol. The Labute approximate surface area is 206 Å². The van der Waals surface area contributed by atoms with Crippen LogP contribution in [0.25, 0.3) is 10.2 Å². The van der Waals surface area contributed by atoms with Gasteiger partial charge in [-0.05, 0) is 61.9 Å². The summed E-state index contributed by atoms with van der Waals surface area (Å²) in [7, 11) is -4.05. The van der Waals surface area contributed by atoms with Crippen LogP contribution < -0.4 is 14.5 Å². The van der Waals surface area contributed by atoms with Crippen LogP contribution in [0.15, 0.2) is 76.4 Å². The fourth-order valence-corrected chi connectivity index (χ4v) is 6.30. The summed E-state index contributed by atoms with van der Waals surface area (Å²) in [5, 5.41) is 3.11. The Morgan fingerprint density at radius 1 is 1.09 bits per heavy atom. The number of sulfonamides is 1. The number of amides is 1. The minimum absolute atomic E-state index is 0.0641. The minimum Gasteiger partial charge on any atom is -0.324 e. The zero-order valence-corrected chi connectivity index (χ0v) is 20.9.